The van der Waals surface area contributed by atoms with E-state index in [1.165, 1.54) is 16.4 Å². The fraction of sp³-hybridized carbons (Fsp3) is 0.231. The summed E-state index contributed by atoms with van der Waals surface area (Å²) in [5, 5.41) is 2.77. The number of nitrogens with two attached hydrogens (primary N) is 1. The van der Waals surface area contributed by atoms with E-state index in [4.69, 9.17) is 15.2 Å². The Kier molecular flexibility index (Phi) is 17.3. The minimum atomic E-state index is -4.00. The van der Waals surface area contributed by atoms with Gasteiger partial charge in [0.25, 0.3) is 0 Å². The fourth-order valence-electron chi connectivity index (χ4n) is 7.63. The van der Waals surface area contributed by atoms with E-state index in [-0.39, 0.29) is 44.1 Å². The van der Waals surface area contributed by atoms with Crippen LogP contribution in [-0.4, -0.2) is 59.4 Å². The first-order valence-electron chi connectivity index (χ1n) is 21.3. The molecule has 0 bridgehead atoms. The predicted octanol–water partition coefficient (Wildman–Crippen LogP) is 9.12. The molecule has 0 heterocycles. The van der Waals surface area contributed by atoms with Gasteiger partial charge in [-0.05, 0) is 46.7 Å². The maximum absolute atomic E-state index is 16.4. The molecule has 6 rings (SSSR count). The summed E-state index contributed by atoms with van der Waals surface area (Å²) in [4.78, 5) is 56.3. The second-order valence-electron chi connectivity index (χ2n) is 15.2. The van der Waals surface area contributed by atoms with Gasteiger partial charge < -0.3 is 20.5 Å². The first-order valence-corrected chi connectivity index (χ1v) is 24.3. The number of hydrogen-bond acceptors (Lipinski definition) is 9. The highest BCUT2D eigenvalue weighted by atomic mass is 32.2. The molecule has 0 aliphatic rings. The molecule has 330 valence electrons. The quantitative estimate of drug-likeness (QED) is 0.0387. The largest absolute Gasteiger partial charge is 0.465 e. The third kappa shape index (κ3) is 12.5. The Morgan fingerprint density at radius 1 is 0.641 bits per heavy atom. The van der Waals surface area contributed by atoms with E-state index < -0.39 is 54.4 Å². The molecule has 0 saturated heterocycles. The number of nitrogens with zero attached hydrogens (tertiary/aromatic N) is 1. The van der Waals surface area contributed by atoms with Crippen molar-refractivity contribution in [2.45, 2.75) is 55.5 Å². The van der Waals surface area contributed by atoms with E-state index in [1.54, 1.807) is 6.92 Å². The summed E-state index contributed by atoms with van der Waals surface area (Å²) in [5.74, 6) is -2.77. The first kappa shape index (κ1) is 47.2. The van der Waals surface area contributed by atoms with Crippen molar-refractivity contribution in [1.82, 2.24) is 9.99 Å². The van der Waals surface area contributed by atoms with Crippen LogP contribution in [0.5, 0.6) is 0 Å². The minimum Gasteiger partial charge on any atom is -0.465 e. The van der Waals surface area contributed by atoms with Gasteiger partial charge in [-0.1, -0.05) is 182 Å². The number of rotatable bonds is 22. The SMILES string of the molecule is CCOC(=O)C(N)CCC(=O)N(C(CSC(c1ccccc1)(c1ccccc1)c1ccccc1)C(=O)NCC(=O)OCc1ccccc1)P(=O)(Cc1ccccc1)Cc1ccccc1. The van der Waals surface area contributed by atoms with Gasteiger partial charge in [-0.25, -0.2) is 0 Å². The summed E-state index contributed by atoms with van der Waals surface area (Å²) in [6, 6.07) is 54.8. The summed E-state index contributed by atoms with van der Waals surface area (Å²) in [6.07, 6.45) is -0.567. The molecule has 64 heavy (non-hydrogen) atoms. The summed E-state index contributed by atoms with van der Waals surface area (Å²) >= 11 is 1.43. The second-order valence-corrected chi connectivity index (χ2v) is 19.2. The highest BCUT2D eigenvalue weighted by Crippen LogP contribution is 2.58. The number of benzene rings is 6. The lowest BCUT2D eigenvalue weighted by Crippen LogP contribution is -2.51. The fourth-order valence-corrected chi connectivity index (χ4v) is 12.5. The van der Waals surface area contributed by atoms with Crippen molar-refractivity contribution in [3.8, 4) is 0 Å². The molecule has 6 aromatic carbocycles. The van der Waals surface area contributed by atoms with Gasteiger partial charge in [0.05, 0.1) is 11.4 Å². The van der Waals surface area contributed by atoms with E-state index in [1.807, 2.05) is 182 Å². The molecule has 0 aliphatic heterocycles. The summed E-state index contributed by atoms with van der Waals surface area (Å²) in [5.41, 5.74) is 11.2. The molecule has 2 atom stereocenters. The molecule has 10 nitrogen and oxygen atoms in total. The first-order chi connectivity index (χ1) is 31.1. The Bertz CT molecular complexity index is 2310. The number of ether oxygens (including phenoxy) is 2. The average molecular weight is 896 g/mol. The molecule has 0 saturated carbocycles. The van der Waals surface area contributed by atoms with Gasteiger partial charge in [0.15, 0.2) is 7.29 Å². The monoisotopic (exact) mass is 895 g/mol. The zero-order chi connectivity index (χ0) is 45.2. The summed E-state index contributed by atoms with van der Waals surface area (Å²) < 4.78 is 27.4. The van der Waals surface area contributed by atoms with Crippen LogP contribution in [0.3, 0.4) is 0 Å². The van der Waals surface area contributed by atoms with Crippen LogP contribution in [-0.2, 0) is 56.9 Å². The topological polar surface area (TPSA) is 145 Å². The average Bonchev–Trinajstić information content (AvgIpc) is 3.33. The van der Waals surface area contributed by atoms with Crippen molar-refractivity contribution >= 4 is 42.8 Å². The molecule has 3 N–H and O–H groups in total. The zero-order valence-electron chi connectivity index (χ0n) is 35.9. The summed E-state index contributed by atoms with van der Waals surface area (Å²) in [7, 11) is -4.00. The lowest BCUT2D eigenvalue weighted by Gasteiger charge is -2.41. The summed E-state index contributed by atoms with van der Waals surface area (Å²) in [6.45, 7) is 1.26. The molecule has 6 aromatic rings. The number of carbonyl (C=O) groups is 4. The molecular formula is C52H54N3O7PS. The molecule has 0 fully saturated rings. The molecule has 12 heteroatoms. The third-order valence-corrected chi connectivity index (χ3v) is 15.3. The number of nitrogens with one attached hydrogen (secondary N) is 1. The Labute approximate surface area is 380 Å². The van der Waals surface area contributed by atoms with Gasteiger partial charge >= 0.3 is 11.9 Å². The third-order valence-electron chi connectivity index (χ3n) is 10.7. The maximum atomic E-state index is 16.4. The Balaban J connectivity index is 1.49. The van der Waals surface area contributed by atoms with Crippen LogP contribution in [0.4, 0.5) is 0 Å². The van der Waals surface area contributed by atoms with Crippen molar-refractivity contribution in [1.29, 1.82) is 0 Å². The van der Waals surface area contributed by atoms with Crippen LogP contribution in [0.15, 0.2) is 182 Å². The van der Waals surface area contributed by atoms with Crippen LogP contribution < -0.4 is 11.1 Å². The molecular weight excluding hydrogens is 842 g/mol. The lowest BCUT2D eigenvalue weighted by atomic mass is 9.84. The highest BCUT2D eigenvalue weighted by Gasteiger charge is 2.45. The highest BCUT2D eigenvalue weighted by molar-refractivity contribution is 8.00. The van der Waals surface area contributed by atoms with E-state index >= 15 is 14.2 Å². The number of amides is 2. The number of carbonyl (C=O) groups excluding carboxylic acids is 4. The Morgan fingerprint density at radius 3 is 1.50 bits per heavy atom. The van der Waals surface area contributed by atoms with Gasteiger partial charge in [-0.15, -0.1) is 11.8 Å². The number of hydrogen-bond donors (Lipinski definition) is 2. The van der Waals surface area contributed by atoms with Gasteiger partial charge in [0.1, 0.15) is 25.2 Å². The van der Waals surface area contributed by atoms with E-state index in [9.17, 15) is 9.59 Å². The van der Waals surface area contributed by atoms with Gasteiger partial charge in [0, 0.05) is 24.5 Å². The standard InChI is InChI=1S/C52H54N3O7PS/c1-2-61-51(59)46(53)33-34-48(56)55(63(60,37-41-23-11-4-12-24-41)38-42-25-13-5-14-26-42)47(50(58)54-35-49(57)62-36-40-21-9-3-10-22-40)39-64-52(43-27-15-6-16-28-43,44-29-17-7-18-30-44)45-31-19-8-20-32-45/h3-32,46-47H,2,33-39,53H2,1H3,(H,54,58). The van der Waals surface area contributed by atoms with E-state index in [0.717, 1.165) is 22.3 Å². The molecule has 2 unspecified atom stereocenters. The number of thioether (sulfide) groups is 1. The molecule has 2 amide bonds. The maximum Gasteiger partial charge on any atom is 0.325 e. The van der Waals surface area contributed by atoms with Crippen LogP contribution >= 0.6 is 19.1 Å². The van der Waals surface area contributed by atoms with Gasteiger partial charge in [-0.2, -0.15) is 0 Å². The van der Waals surface area contributed by atoms with E-state index in [0.29, 0.717) is 11.1 Å². The van der Waals surface area contributed by atoms with Gasteiger partial charge in [-0.3, -0.25) is 28.4 Å². The van der Waals surface area contributed by atoms with Gasteiger partial charge in [0.2, 0.25) is 11.8 Å². The Morgan fingerprint density at radius 2 is 1.06 bits per heavy atom. The minimum absolute atomic E-state index is 0.00272. The lowest BCUT2D eigenvalue weighted by molar-refractivity contribution is -0.145. The van der Waals surface area contributed by atoms with Crippen molar-refractivity contribution in [3.05, 3.63) is 215 Å². The van der Waals surface area contributed by atoms with Crippen molar-refractivity contribution in [2.75, 3.05) is 18.9 Å². The molecule has 0 aliphatic carbocycles. The smallest absolute Gasteiger partial charge is 0.325 e. The van der Waals surface area contributed by atoms with Crippen LogP contribution in [0, 0.1) is 0 Å². The molecule has 0 spiro atoms. The molecule has 0 aromatic heterocycles. The Hall–Kier alpha value is -6.26. The van der Waals surface area contributed by atoms with Crippen molar-refractivity contribution in [3.63, 3.8) is 0 Å². The normalized spacial score (nSPS) is 12.3. The van der Waals surface area contributed by atoms with Crippen LogP contribution in [0.25, 0.3) is 0 Å². The predicted molar refractivity (Wildman–Crippen MR) is 253 cm³/mol. The van der Waals surface area contributed by atoms with Crippen molar-refractivity contribution in [2.24, 2.45) is 5.73 Å². The zero-order valence-corrected chi connectivity index (χ0v) is 37.6. The van der Waals surface area contributed by atoms with Crippen LogP contribution in [0.1, 0.15) is 53.1 Å². The van der Waals surface area contributed by atoms with Crippen molar-refractivity contribution < 1.29 is 33.2 Å². The van der Waals surface area contributed by atoms with E-state index in [2.05, 4.69) is 5.32 Å². The van der Waals surface area contributed by atoms with Crippen LogP contribution in [0.2, 0.25) is 0 Å². The second kappa shape index (κ2) is 23.4. The molecule has 0 radical (unpaired) electrons. The number of esters is 2.